The second kappa shape index (κ2) is 7.15. The smallest absolute Gasteiger partial charge is 0.250 e. The summed E-state index contributed by atoms with van der Waals surface area (Å²) >= 11 is 6.25. The maximum absolute atomic E-state index is 13.6. The van der Waals surface area contributed by atoms with Crippen LogP contribution in [0.1, 0.15) is 23.1 Å². The number of nitrogens with two attached hydrogens (primary N) is 1. The SMILES string of the molecule is Cc1c(Cl)ccc2c1NC(=O)[C@]21N[C@@H](CC(N)=O)[C@H]2C(=O)N(Cc3ccccc3)C(=O)[C@H]21. The molecule has 4 N–H and O–H groups in total. The number of likely N-dealkylation sites (tertiary alicyclic amines) is 1. The number of nitrogens with one attached hydrogen (secondary N) is 2. The zero-order valence-electron chi connectivity index (χ0n) is 17.2. The van der Waals surface area contributed by atoms with E-state index in [-0.39, 0.29) is 13.0 Å². The summed E-state index contributed by atoms with van der Waals surface area (Å²) in [5.74, 6) is -3.80. The van der Waals surface area contributed by atoms with Gasteiger partial charge in [0.05, 0.1) is 24.1 Å². The topological polar surface area (TPSA) is 122 Å². The average molecular weight is 453 g/mol. The number of amides is 4. The van der Waals surface area contributed by atoms with E-state index in [0.29, 0.717) is 21.8 Å². The van der Waals surface area contributed by atoms with E-state index in [1.807, 2.05) is 30.3 Å². The molecule has 8 nitrogen and oxygen atoms in total. The Morgan fingerprint density at radius 3 is 2.53 bits per heavy atom. The number of carbonyl (C=O) groups is 4. The number of rotatable bonds is 4. The van der Waals surface area contributed by atoms with Gasteiger partial charge in [-0.2, -0.15) is 0 Å². The van der Waals surface area contributed by atoms with Crippen molar-refractivity contribution >= 4 is 40.9 Å². The highest BCUT2D eigenvalue weighted by atomic mass is 35.5. The Labute approximate surface area is 189 Å². The zero-order valence-corrected chi connectivity index (χ0v) is 18.0. The van der Waals surface area contributed by atoms with Gasteiger partial charge in [-0.3, -0.25) is 29.4 Å². The van der Waals surface area contributed by atoms with Gasteiger partial charge < -0.3 is 11.1 Å². The molecule has 3 aliphatic heterocycles. The van der Waals surface area contributed by atoms with Crippen molar-refractivity contribution in [3.63, 3.8) is 0 Å². The first-order valence-corrected chi connectivity index (χ1v) is 10.7. The number of imide groups is 1. The van der Waals surface area contributed by atoms with Gasteiger partial charge in [-0.15, -0.1) is 0 Å². The molecule has 9 heteroatoms. The molecule has 0 aliphatic carbocycles. The molecule has 4 amide bonds. The van der Waals surface area contributed by atoms with E-state index < -0.39 is 47.0 Å². The summed E-state index contributed by atoms with van der Waals surface area (Å²) in [5.41, 5.74) is 6.51. The number of primary amides is 1. The van der Waals surface area contributed by atoms with E-state index in [0.717, 1.165) is 5.56 Å². The maximum Gasteiger partial charge on any atom is 0.250 e. The number of carbonyl (C=O) groups excluding carboxylic acids is 4. The molecule has 3 heterocycles. The molecule has 0 aromatic heterocycles. The van der Waals surface area contributed by atoms with E-state index >= 15 is 0 Å². The number of hydrogen-bond donors (Lipinski definition) is 3. The van der Waals surface area contributed by atoms with Crippen LogP contribution in [0.4, 0.5) is 5.69 Å². The van der Waals surface area contributed by atoms with Crippen LogP contribution in [0.5, 0.6) is 0 Å². The van der Waals surface area contributed by atoms with Gasteiger partial charge in [0, 0.05) is 23.0 Å². The number of anilines is 1. The summed E-state index contributed by atoms with van der Waals surface area (Å²) in [4.78, 5) is 53.5. The molecule has 0 radical (unpaired) electrons. The van der Waals surface area contributed by atoms with E-state index in [1.165, 1.54) is 4.90 Å². The van der Waals surface area contributed by atoms with Crippen LogP contribution in [-0.4, -0.2) is 34.6 Å². The van der Waals surface area contributed by atoms with E-state index in [9.17, 15) is 19.2 Å². The largest absolute Gasteiger partial charge is 0.370 e. The summed E-state index contributed by atoms with van der Waals surface area (Å²) in [6, 6.07) is 11.8. The Bertz CT molecular complexity index is 1180. The second-order valence-electron chi connectivity index (χ2n) is 8.53. The number of halogens is 1. The van der Waals surface area contributed by atoms with E-state index in [2.05, 4.69) is 10.6 Å². The van der Waals surface area contributed by atoms with Crippen LogP contribution in [0.15, 0.2) is 42.5 Å². The second-order valence-corrected chi connectivity index (χ2v) is 8.94. The Morgan fingerprint density at radius 2 is 1.84 bits per heavy atom. The van der Waals surface area contributed by atoms with Crippen molar-refractivity contribution in [2.75, 3.05) is 5.32 Å². The predicted octanol–water partition coefficient (Wildman–Crippen LogP) is 1.44. The Hall–Kier alpha value is -3.23. The molecular weight excluding hydrogens is 432 g/mol. The Kier molecular flexibility index (Phi) is 4.61. The molecule has 2 aromatic rings. The number of benzene rings is 2. The highest BCUT2D eigenvalue weighted by molar-refractivity contribution is 6.32. The van der Waals surface area contributed by atoms with Gasteiger partial charge in [-0.25, -0.2) is 0 Å². The lowest BCUT2D eigenvalue weighted by atomic mass is 9.76. The summed E-state index contributed by atoms with van der Waals surface area (Å²) in [7, 11) is 0. The van der Waals surface area contributed by atoms with Crippen molar-refractivity contribution in [1.82, 2.24) is 10.2 Å². The predicted molar refractivity (Wildman–Crippen MR) is 116 cm³/mol. The number of fused-ring (bicyclic) bond motifs is 4. The Morgan fingerprint density at radius 1 is 1.12 bits per heavy atom. The van der Waals surface area contributed by atoms with Gasteiger partial charge in [-0.05, 0) is 24.1 Å². The quantitative estimate of drug-likeness (QED) is 0.606. The fraction of sp³-hybridized carbons (Fsp3) is 0.304. The van der Waals surface area contributed by atoms with Crippen LogP contribution in [0.3, 0.4) is 0 Å². The van der Waals surface area contributed by atoms with Crippen LogP contribution in [0, 0.1) is 18.8 Å². The van der Waals surface area contributed by atoms with Gasteiger partial charge >= 0.3 is 0 Å². The fourth-order valence-corrected chi connectivity index (χ4v) is 5.52. The van der Waals surface area contributed by atoms with E-state index in [4.69, 9.17) is 17.3 Å². The van der Waals surface area contributed by atoms with Crippen molar-refractivity contribution in [3.05, 3.63) is 64.2 Å². The van der Waals surface area contributed by atoms with Crippen LogP contribution in [0.2, 0.25) is 5.02 Å². The molecule has 2 saturated heterocycles. The highest BCUT2D eigenvalue weighted by Gasteiger charge is 2.70. The minimum atomic E-state index is -1.48. The molecule has 2 aromatic carbocycles. The first-order valence-electron chi connectivity index (χ1n) is 10.3. The van der Waals surface area contributed by atoms with Crippen LogP contribution in [0.25, 0.3) is 0 Å². The molecule has 0 saturated carbocycles. The summed E-state index contributed by atoms with van der Waals surface area (Å²) in [5, 5.41) is 6.49. The lowest BCUT2D eigenvalue weighted by Gasteiger charge is -2.29. The van der Waals surface area contributed by atoms with Crippen molar-refractivity contribution in [1.29, 1.82) is 0 Å². The number of hydrogen-bond acceptors (Lipinski definition) is 5. The van der Waals surface area contributed by atoms with Crippen molar-refractivity contribution in [3.8, 4) is 0 Å². The van der Waals surface area contributed by atoms with Crippen LogP contribution < -0.4 is 16.4 Å². The lowest BCUT2D eigenvalue weighted by Crippen LogP contribution is -2.53. The van der Waals surface area contributed by atoms with Gasteiger partial charge in [-0.1, -0.05) is 48.0 Å². The summed E-state index contributed by atoms with van der Waals surface area (Å²) < 4.78 is 0. The number of nitrogens with zero attached hydrogens (tertiary/aromatic N) is 1. The van der Waals surface area contributed by atoms with Gasteiger partial charge in [0.1, 0.15) is 5.54 Å². The molecule has 2 fully saturated rings. The molecule has 0 unspecified atom stereocenters. The normalized spacial score (nSPS) is 28.2. The highest BCUT2D eigenvalue weighted by Crippen LogP contribution is 2.54. The molecule has 5 rings (SSSR count). The monoisotopic (exact) mass is 452 g/mol. The third-order valence-electron chi connectivity index (χ3n) is 6.78. The average Bonchev–Trinajstić information content (AvgIpc) is 3.32. The molecule has 3 aliphatic rings. The van der Waals surface area contributed by atoms with Crippen molar-refractivity contribution in [2.45, 2.75) is 31.5 Å². The molecular formula is C23H21ClN4O4. The van der Waals surface area contributed by atoms with Crippen LogP contribution in [-0.2, 0) is 31.3 Å². The molecule has 164 valence electrons. The lowest BCUT2D eigenvalue weighted by molar-refractivity contribution is -0.143. The minimum Gasteiger partial charge on any atom is -0.370 e. The Balaban J connectivity index is 1.63. The first kappa shape index (κ1) is 20.7. The summed E-state index contributed by atoms with van der Waals surface area (Å²) in [6.07, 6.45) is -0.170. The molecule has 0 bridgehead atoms. The molecule has 1 spiro atoms. The maximum atomic E-state index is 13.6. The van der Waals surface area contributed by atoms with Crippen molar-refractivity contribution < 1.29 is 19.2 Å². The molecule has 4 atom stereocenters. The van der Waals surface area contributed by atoms with Gasteiger partial charge in [0.15, 0.2) is 0 Å². The minimum absolute atomic E-state index is 0.0962. The van der Waals surface area contributed by atoms with Crippen LogP contribution >= 0.6 is 11.6 Å². The third-order valence-corrected chi connectivity index (χ3v) is 7.19. The van der Waals surface area contributed by atoms with Gasteiger partial charge in [0.25, 0.3) is 0 Å². The fourth-order valence-electron chi connectivity index (χ4n) is 5.36. The third kappa shape index (κ3) is 2.73. The summed E-state index contributed by atoms with van der Waals surface area (Å²) in [6.45, 7) is 1.87. The standard InChI is InChI=1S/C23H21ClN4O4/c1-11-14(24)8-7-13-19(11)26-22(32)23(13)18-17(15(27-23)9-16(25)29)20(30)28(21(18)31)10-12-5-3-2-4-6-12/h2-8,15,17-18,27H,9-10H2,1H3,(H2,25,29)(H,26,32)/t15-,17+,18-,23-/m0/s1. The zero-order chi connectivity index (χ0) is 22.8. The molecule has 32 heavy (non-hydrogen) atoms. The van der Waals surface area contributed by atoms with Gasteiger partial charge in [0.2, 0.25) is 23.6 Å². The van der Waals surface area contributed by atoms with E-state index in [1.54, 1.807) is 19.1 Å². The first-order chi connectivity index (χ1) is 15.3. The van der Waals surface area contributed by atoms with Crippen molar-refractivity contribution in [2.24, 2.45) is 17.6 Å².